The van der Waals surface area contributed by atoms with E-state index in [1.807, 2.05) is 6.07 Å². The van der Waals surface area contributed by atoms with Gasteiger partial charge in [0.15, 0.2) is 6.61 Å². The predicted octanol–water partition coefficient (Wildman–Crippen LogP) is 4.55. The first-order chi connectivity index (χ1) is 12.5. The molecule has 0 unspecified atom stereocenters. The van der Waals surface area contributed by atoms with Crippen molar-refractivity contribution >= 4 is 33.2 Å². The van der Waals surface area contributed by atoms with Crippen molar-refractivity contribution in [3.05, 3.63) is 57.1 Å². The number of ether oxygens (including phenoxy) is 2. The highest BCUT2D eigenvalue weighted by Crippen LogP contribution is 2.27. The van der Waals surface area contributed by atoms with Crippen molar-refractivity contribution < 1.29 is 19.2 Å². The Morgan fingerprint density at radius 1 is 1.19 bits per heavy atom. The zero-order chi connectivity index (χ0) is 18.9. The molecule has 0 aliphatic carbocycles. The van der Waals surface area contributed by atoms with Crippen molar-refractivity contribution in [1.29, 1.82) is 0 Å². The Morgan fingerprint density at radius 3 is 2.62 bits per heavy atom. The summed E-state index contributed by atoms with van der Waals surface area (Å²) in [5.41, 5.74) is 0.200. The molecule has 2 aromatic rings. The van der Waals surface area contributed by atoms with Gasteiger partial charge in [-0.2, -0.15) is 0 Å². The van der Waals surface area contributed by atoms with E-state index in [1.54, 1.807) is 18.2 Å². The maximum Gasteiger partial charge on any atom is 0.271 e. The molecule has 0 aliphatic heterocycles. The van der Waals surface area contributed by atoms with Crippen LogP contribution in [0.3, 0.4) is 0 Å². The van der Waals surface area contributed by atoms with E-state index in [-0.39, 0.29) is 12.3 Å². The Hall–Kier alpha value is -2.61. The molecule has 1 N–H and O–H groups in total. The number of hydrogen-bond acceptors (Lipinski definition) is 5. The molecular weight excluding hydrogens is 404 g/mol. The second-order valence-electron chi connectivity index (χ2n) is 5.43. The largest absolute Gasteiger partial charge is 0.493 e. The molecule has 7 nitrogen and oxygen atoms in total. The van der Waals surface area contributed by atoms with E-state index in [4.69, 9.17) is 9.47 Å². The lowest BCUT2D eigenvalue weighted by atomic mass is 10.3. The number of non-ortho nitro benzene ring substituents is 1. The molecule has 0 aliphatic rings. The molecule has 2 aromatic carbocycles. The van der Waals surface area contributed by atoms with Crippen LogP contribution in [0.1, 0.15) is 19.8 Å². The number of carbonyl (C=O) groups is 1. The fourth-order valence-electron chi connectivity index (χ4n) is 2.05. The van der Waals surface area contributed by atoms with Gasteiger partial charge in [-0.1, -0.05) is 19.4 Å². The number of carbonyl (C=O) groups excluding carboxylic acids is 1. The molecule has 0 bridgehead atoms. The van der Waals surface area contributed by atoms with Crippen LogP contribution in [-0.2, 0) is 4.79 Å². The van der Waals surface area contributed by atoms with Gasteiger partial charge in [-0.15, -0.1) is 0 Å². The van der Waals surface area contributed by atoms with Crippen LogP contribution in [0.2, 0.25) is 0 Å². The summed E-state index contributed by atoms with van der Waals surface area (Å²) >= 11 is 3.25. The summed E-state index contributed by atoms with van der Waals surface area (Å²) in [6, 6.07) is 11.2. The van der Waals surface area contributed by atoms with Gasteiger partial charge in [0.25, 0.3) is 11.6 Å². The molecule has 0 saturated heterocycles. The quantitative estimate of drug-likeness (QED) is 0.363. The first-order valence-corrected chi connectivity index (χ1v) is 8.88. The maximum absolute atomic E-state index is 12.1. The molecular formula is C18H19BrN2O5. The van der Waals surface area contributed by atoms with Gasteiger partial charge >= 0.3 is 0 Å². The number of nitro benzene ring substituents is 1. The SMILES string of the molecule is CCCCOc1cccc(OCC(=O)Nc2cc([N+](=O)[O-])ccc2Br)c1. The lowest BCUT2D eigenvalue weighted by molar-refractivity contribution is -0.384. The van der Waals surface area contributed by atoms with Crippen molar-refractivity contribution in [2.24, 2.45) is 0 Å². The summed E-state index contributed by atoms with van der Waals surface area (Å²) in [7, 11) is 0. The van der Waals surface area contributed by atoms with Crippen LogP contribution in [0.4, 0.5) is 11.4 Å². The summed E-state index contributed by atoms with van der Waals surface area (Å²) < 4.78 is 11.6. The first-order valence-electron chi connectivity index (χ1n) is 8.09. The minimum absolute atomic E-state index is 0.110. The van der Waals surface area contributed by atoms with Crippen LogP contribution in [0.5, 0.6) is 11.5 Å². The smallest absolute Gasteiger partial charge is 0.271 e. The fourth-order valence-corrected chi connectivity index (χ4v) is 2.39. The van der Waals surface area contributed by atoms with Crippen molar-refractivity contribution in [1.82, 2.24) is 0 Å². The number of halogens is 1. The van der Waals surface area contributed by atoms with Crippen LogP contribution in [0.25, 0.3) is 0 Å². The van der Waals surface area contributed by atoms with Crippen molar-refractivity contribution in [3.63, 3.8) is 0 Å². The van der Waals surface area contributed by atoms with E-state index in [0.717, 1.165) is 12.8 Å². The standard InChI is InChI=1S/C18H19BrN2O5/c1-2-3-9-25-14-5-4-6-15(11-14)26-12-18(22)20-17-10-13(21(23)24)7-8-16(17)19/h4-8,10-11H,2-3,9,12H2,1H3,(H,20,22). The average molecular weight is 423 g/mol. The van der Waals surface area contributed by atoms with Gasteiger partial charge in [0.1, 0.15) is 11.5 Å². The number of nitrogens with zero attached hydrogens (tertiary/aromatic N) is 1. The summed E-state index contributed by atoms with van der Waals surface area (Å²) in [5.74, 6) is 0.758. The van der Waals surface area contributed by atoms with E-state index >= 15 is 0 Å². The van der Waals surface area contributed by atoms with Gasteiger partial charge < -0.3 is 14.8 Å². The van der Waals surface area contributed by atoms with E-state index in [0.29, 0.717) is 28.3 Å². The first kappa shape index (κ1) is 19.7. The zero-order valence-corrected chi connectivity index (χ0v) is 15.8. The zero-order valence-electron chi connectivity index (χ0n) is 14.2. The summed E-state index contributed by atoms with van der Waals surface area (Å²) in [4.78, 5) is 22.4. The highest BCUT2D eigenvalue weighted by Gasteiger charge is 2.12. The Balaban J connectivity index is 1.92. The third-order valence-electron chi connectivity index (χ3n) is 3.38. The predicted molar refractivity (Wildman–Crippen MR) is 102 cm³/mol. The normalized spacial score (nSPS) is 10.2. The van der Waals surface area contributed by atoms with Gasteiger partial charge in [-0.25, -0.2) is 0 Å². The molecule has 0 heterocycles. The third kappa shape index (κ3) is 6.03. The van der Waals surface area contributed by atoms with Crippen molar-refractivity contribution in [2.45, 2.75) is 19.8 Å². The molecule has 0 radical (unpaired) electrons. The van der Waals surface area contributed by atoms with Gasteiger partial charge in [-0.3, -0.25) is 14.9 Å². The molecule has 0 atom stereocenters. The molecule has 0 aromatic heterocycles. The van der Waals surface area contributed by atoms with Crippen LogP contribution in [0, 0.1) is 10.1 Å². The molecule has 8 heteroatoms. The molecule has 1 amide bonds. The Kier molecular flexibility index (Phi) is 7.40. The minimum Gasteiger partial charge on any atom is -0.493 e. The fraction of sp³-hybridized carbons (Fsp3) is 0.278. The Morgan fingerprint density at radius 2 is 1.92 bits per heavy atom. The Labute approximate surface area is 159 Å². The van der Waals surface area contributed by atoms with Crippen LogP contribution < -0.4 is 14.8 Å². The van der Waals surface area contributed by atoms with Crippen LogP contribution in [0.15, 0.2) is 46.9 Å². The average Bonchev–Trinajstić information content (AvgIpc) is 2.62. The number of rotatable bonds is 9. The number of nitro groups is 1. The number of benzene rings is 2. The minimum atomic E-state index is -0.525. The molecule has 0 saturated carbocycles. The Bertz CT molecular complexity index is 782. The third-order valence-corrected chi connectivity index (χ3v) is 4.07. The summed E-state index contributed by atoms with van der Waals surface area (Å²) in [6.45, 7) is 2.48. The summed E-state index contributed by atoms with van der Waals surface area (Å²) in [6.07, 6.45) is 2.01. The molecule has 138 valence electrons. The topological polar surface area (TPSA) is 90.7 Å². The van der Waals surface area contributed by atoms with Crippen molar-refractivity contribution in [2.75, 3.05) is 18.5 Å². The molecule has 0 fully saturated rings. The highest BCUT2D eigenvalue weighted by atomic mass is 79.9. The van der Waals surface area contributed by atoms with Gasteiger partial charge in [0.2, 0.25) is 0 Å². The van der Waals surface area contributed by atoms with Crippen LogP contribution >= 0.6 is 15.9 Å². The lowest BCUT2D eigenvalue weighted by Crippen LogP contribution is -2.20. The molecule has 0 spiro atoms. The number of nitrogens with one attached hydrogen (secondary N) is 1. The second kappa shape index (κ2) is 9.76. The van der Waals surface area contributed by atoms with E-state index in [1.165, 1.54) is 18.2 Å². The van der Waals surface area contributed by atoms with E-state index in [2.05, 4.69) is 28.2 Å². The maximum atomic E-state index is 12.1. The van der Waals surface area contributed by atoms with Crippen molar-refractivity contribution in [3.8, 4) is 11.5 Å². The number of anilines is 1. The summed E-state index contributed by atoms with van der Waals surface area (Å²) in [5, 5.41) is 13.4. The van der Waals surface area contributed by atoms with Crippen LogP contribution in [-0.4, -0.2) is 24.0 Å². The highest BCUT2D eigenvalue weighted by molar-refractivity contribution is 9.10. The van der Waals surface area contributed by atoms with Gasteiger partial charge in [0, 0.05) is 22.7 Å². The molecule has 2 rings (SSSR count). The van der Waals surface area contributed by atoms with Gasteiger partial charge in [-0.05, 0) is 40.5 Å². The monoisotopic (exact) mass is 422 g/mol. The molecule has 26 heavy (non-hydrogen) atoms. The second-order valence-corrected chi connectivity index (χ2v) is 6.29. The number of hydrogen-bond donors (Lipinski definition) is 1. The lowest BCUT2D eigenvalue weighted by Gasteiger charge is -2.10. The number of amides is 1. The van der Waals surface area contributed by atoms with Gasteiger partial charge in [0.05, 0.1) is 17.2 Å². The van der Waals surface area contributed by atoms with E-state index < -0.39 is 10.8 Å². The van der Waals surface area contributed by atoms with E-state index in [9.17, 15) is 14.9 Å². The number of unbranched alkanes of at least 4 members (excludes halogenated alkanes) is 1.